The SMILES string of the molecule is O=C(CN1CCCC1c1nc2ccccc2s1)Nc1ccccc1C(=O)c1ccccc1. The number of amides is 1. The van der Waals surface area contributed by atoms with E-state index in [9.17, 15) is 9.59 Å². The number of ketones is 1. The van der Waals surface area contributed by atoms with Gasteiger partial charge in [-0.2, -0.15) is 0 Å². The number of hydrogen-bond donors (Lipinski definition) is 1. The van der Waals surface area contributed by atoms with Crippen molar-refractivity contribution < 1.29 is 9.59 Å². The van der Waals surface area contributed by atoms with E-state index in [0.29, 0.717) is 16.8 Å². The van der Waals surface area contributed by atoms with E-state index in [-0.39, 0.29) is 24.3 Å². The van der Waals surface area contributed by atoms with Crippen molar-refractivity contribution in [2.24, 2.45) is 0 Å². The summed E-state index contributed by atoms with van der Waals surface area (Å²) in [4.78, 5) is 32.9. The van der Waals surface area contributed by atoms with E-state index < -0.39 is 0 Å². The number of nitrogens with zero attached hydrogens (tertiary/aromatic N) is 2. The van der Waals surface area contributed by atoms with Crippen molar-refractivity contribution >= 4 is 38.9 Å². The summed E-state index contributed by atoms with van der Waals surface area (Å²) >= 11 is 1.70. The average Bonchev–Trinajstić information content (AvgIpc) is 3.46. The summed E-state index contributed by atoms with van der Waals surface area (Å²) in [7, 11) is 0. The third kappa shape index (κ3) is 4.20. The minimum Gasteiger partial charge on any atom is -0.324 e. The van der Waals surface area contributed by atoms with Crippen molar-refractivity contribution in [1.82, 2.24) is 9.88 Å². The zero-order valence-corrected chi connectivity index (χ0v) is 18.3. The largest absolute Gasteiger partial charge is 0.324 e. The second kappa shape index (κ2) is 9.02. The van der Waals surface area contributed by atoms with Crippen LogP contribution in [-0.2, 0) is 4.79 Å². The van der Waals surface area contributed by atoms with Crippen LogP contribution in [0.5, 0.6) is 0 Å². The second-order valence-corrected chi connectivity index (χ2v) is 9.00. The van der Waals surface area contributed by atoms with E-state index in [1.54, 1.807) is 35.6 Å². The van der Waals surface area contributed by atoms with Crippen LogP contribution in [0.1, 0.15) is 39.8 Å². The lowest BCUT2D eigenvalue weighted by molar-refractivity contribution is -0.117. The summed E-state index contributed by atoms with van der Waals surface area (Å²) in [6.45, 7) is 1.13. The molecule has 6 heteroatoms. The summed E-state index contributed by atoms with van der Waals surface area (Å²) in [6.07, 6.45) is 2.03. The Morgan fingerprint density at radius 3 is 2.56 bits per heavy atom. The number of anilines is 1. The van der Waals surface area contributed by atoms with Crippen LogP contribution in [0.4, 0.5) is 5.69 Å². The molecule has 0 aliphatic carbocycles. The Labute approximate surface area is 190 Å². The van der Waals surface area contributed by atoms with Crippen LogP contribution in [0.3, 0.4) is 0 Å². The zero-order valence-electron chi connectivity index (χ0n) is 17.5. The Bertz CT molecular complexity index is 1240. The third-order valence-corrected chi connectivity index (χ3v) is 6.93. The molecule has 3 aromatic carbocycles. The standard InChI is InChI=1S/C26H23N3O2S/c30-24(27-20-12-5-4-11-19(20)25(31)18-9-2-1-3-10-18)17-29-16-8-14-22(29)26-28-21-13-6-7-15-23(21)32-26/h1-7,9-13,15,22H,8,14,16-17H2,(H,27,30). The van der Waals surface area contributed by atoms with Gasteiger partial charge in [-0.1, -0.05) is 54.6 Å². The lowest BCUT2D eigenvalue weighted by atomic mass is 10.0. The highest BCUT2D eigenvalue weighted by Crippen LogP contribution is 2.36. The number of carbonyl (C=O) groups excluding carboxylic acids is 2. The van der Waals surface area contributed by atoms with Crippen molar-refractivity contribution in [3.63, 3.8) is 0 Å². The average molecular weight is 442 g/mol. The van der Waals surface area contributed by atoms with Crippen LogP contribution in [0, 0.1) is 0 Å². The number of aromatic nitrogens is 1. The van der Waals surface area contributed by atoms with Gasteiger partial charge in [0.25, 0.3) is 0 Å². The van der Waals surface area contributed by atoms with E-state index in [1.165, 1.54) is 4.70 Å². The van der Waals surface area contributed by atoms with Crippen LogP contribution >= 0.6 is 11.3 Å². The fraction of sp³-hybridized carbons (Fsp3) is 0.192. The molecular formula is C26H23N3O2S. The highest BCUT2D eigenvalue weighted by Gasteiger charge is 2.30. The number of rotatable bonds is 6. The van der Waals surface area contributed by atoms with Crippen LogP contribution in [0.25, 0.3) is 10.2 Å². The number of nitrogens with one attached hydrogen (secondary N) is 1. The number of fused-ring (bicyclic) bond motifs is 1. The third-order valence-electron chi connectivity index (χ3n) is 5.79. The first kappa shape index (κ1) is 20.5. The predicted octanol–water partition coefficient (Wildman–Crippen LogP) is 5.30. The van der Waals surface area contributed by atoms with Gasteiger partial charge in [0, 0.05) is 11.1 Å². The highest BCUT2D eigenvalue weighted by atomic mass is 32.1. The molecule has 4 aromatic rings. The number of carbonyl (C=O) groups is 2. The van der Waals surface area contributed by atoms with Gasteiger partial charge in [-0.05, 0) is 43.7 Å². The molecule has 2 heterocycles. The Balaban J connectivity index is 1.31. The maximum Gasteiger partial charge on any atom is 0.238 e. The van der Waals surface area contributed by atoms with Gasteiger partial charge >= 0.3 is 0 Å². The predicted molar refractivity (Wildman–Crippen MR) is 128 cm³/mol. The van der Waals surface area contributed by atoms with Gasteiger partial charge in [0.2, 0.25) is 5.91 Å². The Kier molecular flexibility index (Phi) is 5.79. The lowest BCUT2D eigenvalue weighted by Crippen LogP contribution is -2.33. The molecule has 5 rings (SSSR count). The molecule has 1 aliphatic rings. The van der Waals surface area contributed by atoms with E-state index in [0.717, 1.165) is 29.9 Å². The number of benzene rings is 3. The van der Waals surface area contributed by atoms with Gasteiger partial charge in [-0.15, -0.1) is 11.3 Å². The molecule has 5 nitrogen and oxygen atoms in total. The normalized spacial score (nSPS) is 16.3. The van der Waals surface area contributed by atoms with Crippen molar-refractivity contribution in [1.29, 1.82) is 0 Å². The Morgan fingerprint density at radius 2 is 1.72 bits per heavy atom. The van der Waals surface area contributed by atoms with Crippen molar-refractivity contribution in [3.05, 3.63) is 95.0 Å². The minimum absolute atomic E-state index is 0.102. The molecule has 1 atom stereocenters. The quantitative estimate of drug-likeness (QED) is 0.412. The van der Waals surface area contributed by atoms with Gasteiger partial charge in [0.1, 0.15) is 5.01 Å². The maximum absolute atomic E-state index is 12.9. The summed E-state index contributed by atoms with van der Waals surface area (Å²) in [5.41, 5.74) is 2.65. The number of para-hydroxylation sites is 2. The molecule has 1 aliphatic heterocycles. The highest BCUT2D eigenvalue weighted by molar-refractivity contribution is 7.18. The number of likely N-dealkylation sites (tertiary alicyclic amines) is 1. The summed E-state index contributed by atoms with van der Waals surface area (Å²) in [5, 5.41) is 4.03. The molecule has 1 unspecified atom stereocenters. The van der Waals surface area contributed by atoms with Crippen molar-refractivity contribution in [2.75, 3.05) is 18.4 Å². The summed E-state index contributed by atoms with van der Waals surface area (Å²) in [5.74, 6) is -0.221. The number of hydrogen-bond acceptors (Lipinski definition) is 5. The smallest absolute Gasteiger partial charge is 0.238 e. The van der Waals surface area contributed by atoms with E-state index in [4.69, 9.17) is 4.98 Å². The topological polar surface area (TPSA) is 62.3 Å². The fourth-order valence-electron chi connectivity index (χ4n) is 4.24. The van der Waals surface area contributed by atoms with E-state index in [1.807, 2.05) is 48.5 Å². The van der Waals surface area contributed by atoms with E-state index >= 15 is 0 Å². The van der Waals surface area contributed by atoms with Gasteiger partial charge in [0.15, 0.2) is 5.78 Å². The first-order chi connectivity index (χ1) is 15.7. The molecule has 0 saturated carbocycles. The molecule has 1 N–H and O–H groups in total. The molecule has 0 radical (unpaired) electrons. The molecule has 1 saturated heterocycles. The van der Waals surface area contributed by atoms with Crippen LogP contribution in [0.2, 0.25) is 0 Å². The first-order valence-corrected chi connectivity index (χ1v) is 11.6. The molecule has 160 valence electrons. The zero-order chi connectivity index (χ0) is 21.9. The lowest BCUT2D eigenvalue weighted by Gasteiger charge is -2.22. The second-order valence-electron chi connectivity index (χ2n) is 7.94. The monoisotopic (exact) mass is 441 g/mol. The van der Waals surface area contributed by atoms with Gasteiger partial charge in [-0.25, -0.2) is 4.98 Å². The minimum atomic E-state index is -0.119. The van der Waals surface area contributed by atoms with Crippen LogP contribution in [-0.4, -0.2) is 34.7 Å². The Hall–Kier alpha value is -3.35. The summed E-state index contributed by atoms with van der Waals surface area (Å²) in [6, 6.07) is 24.6. The van der Waals surface area contributed by atoms with Crippen molar-refractivity contribution in [2.45, 2.75) is 18.9 Å². The molecule has 0 bridgehead atoms. The summed E-state index contributed by atoms with van der Waals surface area (Å²) < 4.78 is 1.17. The van der Waals surface area contributed by atoms with Crippen LogP contribution in [0.15, 0.2) is 78.9 Å². The molecule has 1 aromatic heterocycles. The molecule has 32 heavy (non-hydrogen) atoms. The first-order valence-electron chi connectivity index (χ1n) is 10.8. The van der Waals surface area contributed by atoms with Crippen molar-refractivity contribution in [3.8, 4) is 0 Å². The Morgan fingerprint density at radius 1 is 0.969 bits per heavy atom. The van der Waals surface area contributed by atoms with Gasteiger partial charge < -0.3 is 5.32 Å². The van der Waals surface area contributed by atoms with Gasteiger partial charge in [-0.3, -0.25) is 14.5 Å². The molecule has 1 amide bonds. The molecular weight excluding hydrogens is 418 g/mol. The molecule has 1 fully saturated rings. The van der Waals surface area contributed by atoms with Gasteiger partial charge in [0.05, 0.1) is 28.5 Å². The maximum atomic E-state index is 12.9. The number of thiazole rings is 1. The fourth-order valence-corrected chi connectivity index (χ4v) is 5.37. The molecule has 0 spiro atoms. The van der Waals surface area contributed by atoms with Crippen LogP contribution < -0.4 is 5.32 Å². The van der Waals surface area contributed by atoms with E-state index in [2.05, 4.69) is 16.3 Å².